The Morgan fingerprint density at radius 2 is 1.96 bits per heavy atom. The van der Waals surface area contributed by atoms with Gasteiger partial charge in [0.15, 0.2) is 6.29 Å². The molecule has 0 bridgehead atoms. The molecule has 9 nitrogen and oxygen atoms in total. The highest BCUT2D eigenvalue weighted by molar-refractivity contribution is 7.86. The molecule has 0 unspecified atom stereocenters. The number of hydrogen-bond donors (Lipinski definition) is 0. The molecule has 0 saturated carbocycles. The minimum absolute atomic E-state index is 0.00201. The molecule has 4 atom stereocenters. The lowest BCUT2D eigenvalue weighted by Gasteiger charge is -2.19. The van der Waals surface area contributed by atoms with E-state index in [1.165, 1.54) is 26.4 Å². The number of ether oxygens (including phenoxy) is 3. The van der Waals surface area contributed by atoms with Gasteiger partial charge in [0.05, 0.1) is 23.6 Å². The van der Waals surface area contributed by atoms with Gasteiger partial charge in [-0.1, -0.05) is 22.8 Å². The highest BCUT2D eigenvalue weighted by Crippen LogP contribution is 2.30. The fourth-order valence-corrected chi connectivity index (χ4v) is 3.48. The summed E-state index contributed by atoms with van der Waals surface area (Å²) in [5.41, 5.74) is 9.67. The number of aryl methyl sites for hydroxylation is 1. The molecule has 1 fully saturated rings. The van der Waals surface area contributed by atoms with E-state index in [9.17, 15) is 8.42 Å². The molecule has 132 valence electrons. The Hall–Kier alpha value is -1.68. The van der Waals surface area contributed by atoms with E-state index in [2.05, 4.69) is 10.0 Å². The fourth-order valence-electron chi connectivity index (χ4n) is 2.40. The van der Waals surface area contributed by atoms with Gasteiger partial charge in [0.2, 0.25) is 0 Å². The van der Waals surface area contributed by atoms with E-state index in [0.29, 0.717) is 0 Å². The molecule has 2 rings (SSSR count). The highest BCUT2D eigenvalue weighted by Gasteiger charge is 2.47. The molecule has 1 aliphatic heterocycles. The van der Waals surface area contributed by atoms with E-state index in [1.807, 2.05) is 6.92 Å². The largest absolute Gasteiger partial charge is 0.382 e. The van der Waals surface area contributed by atoms with E-state index in [-0.39, 0.29) is 11.5 Å². The zero-order valence-corrected chi connectivity index (χ0v) is 14.3. The molecular formula is C14H19N3O6S. The molecule has 1 aliphatic rings. The molecular weight excluding hydrogens is 338 g/mol. The maximum absolute atomic E-state index is 12.5. The van der Waals surface area contributed by atoms with Crippen molar-refractivity contribution in [3.63, 3.8) is 0 Å². The molecule has 0 amide bonds. The summed E-state index contributed by atoms with van der Waals surface area (Å²) in [7, 11) is -1.27. The van der Waals surface area contributed by atoms with Crippen molar-refractivity contribution in [1.82, 2.24) is 0 Å². The Morgan fingerprint density at radius 1 is 1.29 bits per heavy atom. The number of benzene rings is 1. The second kappa shape index (κ2) is 7.93. The third kappa shape index (κ3) is 4.04. The SMILES string of the molecule is COC[C@H]1O[C@@H](OC)[C@H](OS(=O)(=O)c2ccc(C)cc2)[C@H]1N=[N+]=[N-]. The van der Waals surface area contributed by atoms with Gasteiger partial charge in [0, 0.05) is 19.1 Å². The molecule has 1 saturated heterocycles. The van der Waals surface area contributed by atoms with Gasteiger partial charge in [0.25, 0.3) is 10.1 Å². The van der Waals surface area contributed by atoms with Crippen molar-refractivity contribution in [1.29, 1.82) is 0 Å². The van der Waals surface area contributed by atoms with Crippen molar-refractivity contribution in [3.05, 3.63) is 40.3 Å². The Bertz CT molecular complexity index is 702. The second-order valence-corrected chi connectivity index (χ2v) is 6.83. The van der Waals surface area contributed by atoms with Gasteiger partial charge in [-0.2, -0.15) is 8.42 Å². The molecule has 0 radical (unpaired) electrons. The van der Waals surface area contributed by atoms with Gasteiger partial charge in [-0.05, 0) is 24.6 Å². The van der Waals surface area contributed by atoms with Crippen LogP contribution in [0.3, 0.4) is 0 Å². The quantitative estimate of drug-likeness (QED) is 0.317. The van der Waals surface area contributed by atoms with Gasteiger partial charge in [-0.25, -0.2) is 0 Å². The van der Waals surface area contributed by atoms with E-state index < -0.39 is 34.7 Å². The predicted octanol–water partition coefficient (Wildman–Crippen LogP) is 1.77. The Balaban J connectivity index is 2.29. The van der Waals surface area contributed by atoms with Crippen LogP contribution in [0.25, 0.3) is 10.4 Å². The van der Waals surface area contributed by atoms with Crippen molar-refractivity contribution in [2.45, 2.75) is 36.4 Å². The Kier molecular flexibility index (Phi) is 6.16. The first-order valence-corrected chi connectivity index (χ1v) is 8.55. The van der Waals surface area contributed by atoms with E-state index in [4.69, 9.17) is 23.9 Å². The van der Waals surface area contributed by atoms with E-state index in [1.54, 1.807) is 12.1 Å². The number of azide groups is 1. The van der Waals surface area contributed by atoms with Crippen LogP contribution < -0.4 is 0 Å². The molecule has 0 aliphatic carbocycles. The summed E-state index contributed by atoms with van der Waals surface area (Å²) in [6.07, 6.45) is -2.78. The van der Waals surface area contributed by atoms with Crippen molar-refractivity contribution in [3.8, 4) is 0 Å². The number of hydrogen-bond acceptors (Lipinski definition) is 7. The van der Waals surface area contributed by atoms with Gasteiger partial charge in [-0.15, -0.1) is 0 Å². The van der Waals surface area contributed by atoms with Crippen LogP contribution in [0.4, 0.5) is 0 Å². The van der Waals surface area contributed by atoms with Crippen LogP contribution in [0.1, 0.15) is 5.56 Å². The molecule has 0 spiro atoms. The van der Waals surface area contributed by atoms with Crippen LogP contribution in [-0.4, -0.2) is 53.8 Å². The lowest BCUT2D eigenvalue weighted by Crippen LogP contribution is -2.37. The van der Waals surface area contributed by atoms with Crippen molar-refractivity contribution >= 4 is 10.1 Å². The summed E-state index contributed by atoms with van der Waals surface area (Å²) in [6.45, 7) is 1.95. The van der Waals surface area contributed by atoms with Gasteiger partial charge in [0.1, 0.15) is 6.10 Å². The normalized spacial score (nSPS) is 27.0. The fraction of sp³-hybridized carbons (Fsp3) is 0.571. The van der Waals surface area contributed by atoms with Gasteiger partial charge < -0.3 is 14.2 Å². The minimum atomic E-state index is -4.08. The topological polar surface area (TPSA) is 120 Å². The summed E-state index contributed by atoms with van der Waals surface area (Å²) in [6, 6.07) is 5.30. The molecule has 10 heteroatoms. The lowest BCUT2D eigenvalue weighted by atomic mass is 10.1. The monoisotopic (exact) mass is 357 g/mol. The van der Waals surface area contributed by atoms with Crippen molar-refractivity contribution in [2.24, 2.45) is 5.11 Å². The molecule has 0 aromatic heterocycles. The van der Waals surface area contributed by atoms with E-state index in [0.717, 1.165) is 5.56 Å². The van der Waals surface area contributed by atoms with Gasteiger partial charge in [-0.3, -0.25) is 4.18 Å². The summed E-state index contributed by atoms with van der Waals surface area (Å²) in [5.74, 6) is 0. The average molecular weight is 357 g/mol. The Morgan fingerprint density at radius 3 is 2.50 bits per heavy atom. The number of methoxy groups -OCH3 is 2. The van der Waals surface area contributed by atoms with Crippen LogP contribution in [0.15, 0.2) is 34.3 Å². The number of nitrogens with zero attached hydrogens (tertiary/aromatic N) is 3. The second-order valence-electron chi connectivity index (χ2n) is 5.26. The average Bonchev–Trinajstić information content (AvgIpc) is 2.85. The zero-order chi connectivity index (χ0) is 17.7. The maximum Gasteiger partial charge on any atom is 0.297 e. The molecule has 1 aromatic carbocycles. The first-order valence-electron chi connectivity index (χ1n) is 7.14. The summed E-state index contributed by atoms with van der Waals surface area (Å²) in [5, 5.41) is 3.60. The van der Waals surface area contributed by atoms with Gasteiger partial charge >= 0.3 is 0 Å². The summed E-state index contributed by atoms with van der Waals surface area (Å²) < 4.78 is 45.9. The predicted molar refractivity (Wildman–Crippen MR) is 83.7 cm³/mol. The van der Waals surface area contributed by atoms with Crippen LogP contribution in [0.2, 0.25) is 0 Å². The zero-order valence-electron chi connectivity index (χ0n) is 13.5. The Labute approximate surface area is 140 Å². The standard InChI is InChI=1S/C14H19N3O6S/c1-9-4-6-10(7-5-9)24(18,19)23-13-12(16-17-15)11(8-20-2)22-14(13)21-3/h4-7,11-14H,8H2,1-3H3/t11-,12+,13-,14-/m1/s1. The van der Waals surface area contributed by atoms with Crippen LogP contribution in [0.5, 0.6) is 0 Å². The summed E-state index contributed by atoms with van der Waals surface area (Å²) in [4.78, 5) is 2.74. The van der Waals surface area contributed by atoms with Crippen LogP contribution in [-0.2, 0) is 28.5 Å². The van der Waals surface area contributed by atoms with Crippen LogP contribution in [0, 0.1) is 6.92 Å². The lowest BCUT2D eigenvalue weighted by molar-refractivity contribution is -0.149. The summed E-state index contributed by atoms with van der Waals surface area (Å²) >= 11 is 0. The van der Waals surface area contributed by atoms with Crippen molar-refractivity contribution < 1.29 is 26.8 Å². The third-order valence-electron chi connectivity index (χ3n) is 3.59. The van der Waals surface area contributed by atoms with Crippen LogP contribution >= 0.6 is 0 Å². The first kappa shape index (κ1) is 18.7. The number of rotatable bonds is 7. The molecule has 1 aromatic rings. The highest BCUT2D eigenvalue weighted by atomic mass is 32.2. The molecule has 0 N–H and O–H groups in total. The van der Waals surface area contributed by atoms with E-state index >= 15 is 0 Å². The maximum atomic E-state index is 12.5. The van der Waals surface area contributed by atoms with Crippen molar-refractivity contribution in [2.75, 3.05) is 20.8 Å². The molecule has 1 heterocycles. The third-order valence-corrected chi connectivity index (χ3v) is 4.92. The minimum Gasteiger partial charge on any atom is -0.382 e. The molecule has 24 heavy (non-hydrogen) atoms. The first-order chi connectivity index (χ1) is 11.4. The smallest absolute Gasteiger partial charge is 0.297 e.